The number of hydrogen-bond donors (Lipinski definition) is 0. The smallest absolute Gasteiger partial charge is 0.272 e. The van der Waals surface area contributed by atoms with E-state index in [1.807, 2.05) is 12.1 Å². The molecule has 0 amide bonds. The van der Waals surface area contributed by atoms with Gasteiger partial charge in [0.05, 0.1) is 7.11 Å². The van der Waals surface area contributed by atoms with Gasteiger partial charge in [0, 0.05) is 25.0 Å². The number of carbonyl (C=O) groups is 1. The van der Waals surface area contributed by atoms with Gasteiger partial charge in [-0.25, -0.2) is 8.78 Å². The number of aldehydes is 1. The van der Waals surface area contributed by atoms with E-state index >= 15 is 0 Å². The van der Waals surface area contributed by atoms with Crippen molar-refractivity contribution in [3.8, 4) is 11.5 Å². The van der Waals surface area contributed by atoms with Gasteiger partial charge in [0.15, 0.2) is 11.5 Å². The predicted molar refractivity (Wildman–Crippen MR) is 102 cm³/mol. The summed E-state index contributed by atoms with van der Waals surface area (Å²) in [6.07, 6.45) is 1.14. The van der Waals surface area contributed by atoms with E-state index < -0.39 is 13.0 Å². The van der Waals surface area contributed by atoms with E-state index in [0.29, 0.717) is 17.4 Å². The Labute approximate surface area is 160 Å². The number of hydrogen-bond acceptors (Lipinski definition) is 4. The maximum absolute atomic E-state index is 12.5. The van der Waals surface area contributed by atoms with Gasteiger partial charge in [0.25, 0.3) is 6.43 Å². The lowest BCUT2D eigenvalue weighted by Gasteiger charge is -2.38. The van der Waals surface area contributed by atoms with Crippen molar-refractivity contribution in [2.24, 2.45) is 11.8 Å². The number of benzene rings is 1. The van der Waals surface area contributed by atoms with Crippen LogP contribution in [0.1, 0.15) is 50.8 Å². The van der Waals surface area contributed by atoms with Crippen LogP contribution in [0.3, 0.4) is 0 Å². The lowest BCUT2D eigenvalue weighted by molar-refractivity contribution is -0.112. The van der Waals surface area contributed by atoms with Crippen LogP contribution in [0.4, 0.5) is 8.78 Å². The summed E-state index contributed by atoms with van der Waals surface area (Å²) in [4.78, 5) is 13.9. The highest BCUT2D eigenvalue weighted by Gasteiger charge is 2.29. The van der Waals surface area contributed by atoms with Crippen molar-refractivity contribution in [3.05, 3.63) is 23.3 Å². The minimum Gasteiger partial charge on any atom is -0.493 e. The summed E-state index contributed by atoms with van der Waals surface area (Å²) in [7, 11) is 1.52. The van der Waals surface area contributed by atoms with Crippen molar-refractivity contribution >= 4 is 6.29 Å². The van der Waals surface area contributed by atoms with Crippen molar-refractivity contribution in [2.45, 2.75) is 52.5 Å². The number of rotatable bonds is 10. The first-order valence-electron chi connectivity index (χ1n) is 9.70. The number of carbonyl (C=O) groups excluding carboxylic acids is 1. The molecule has 1 aliphatic heterocycles. The lowest BCUT2D eigenvalue weighted by atomic mass is 9.88. The zero-order valence-electron chi connectivity index (χ0n) is 16.7. The first kappa shape index (κ1) is 21.6. The van der Waals surface area contributed by atoms with Gasteiger partial charge < -0.3 is 14.3 Å². The molecule has 0 saturated carbocycles. The molecule has 1 aliphatic rings. The zero-order valence-corrected chi connectivity index (χ0v) is 16.7. The fourth-order valence-electron chi connectivity index (χ4n) is 3.96. The Morgan fingerprint density at radius 3 is 2.59 bits per heavy atom. The first-order chi connectivity index (χ1) is 12.9. The van der Waals surface area contributed by atoms with Gasteiger partial charge in [-0.2, -0.15) is 0 Å². The summed E-state index contributed by atoms with van der Waals surface area (Å²) in [5.41, 5.74) is 2.24. The van der Waals surface area contributed by atoms with E-state index in [0.717, 1.165) is 49.8 Å². The molecule has 4 nitrogen and oxygen atoms in total. The van der Waals surface area contributed by atoms with E-state index in [2.05, 4.69) is 25.7 Å². The summed E-state index contributed by atoms with van der Waals surface area (Å²) in [6.45, 7) is 7.32. The second-order valence-electron chi connectivity index (χ2n) is 7.60. The number of ether oxygens (including phenoxy) is 2. The number of fused-ring (bicyclic) bond motifs is 1. The number of methoxy groups -OCH3 is 1. The van der Waals surface area contributed by atoms with Gasteiger partial charge >= 0.3 is 0 Å². The number of nitrogens with zero attached hydrogens (tertiary/aromatic N) is 1. The molecule has 0 spiro atoms. The van der Waals surface area contributed by atoms with Crippen LogP contribution >= 0.6 is 0 Å². The highest BCUT2D eigenvalue weighted by molar-refractivity contribution is 5.54. The van der Waals surface area contributed by atoms with Gasteiger partial charge in [-0.05, 0) is 48.4 Å². The van der Waals surface area contributed by atoms with E-state index in [4.69, 9.17) is 9.47 Å². The lowest BCUT2D eigenvalue weighted by Crippen LogP contribution is -2.39. The average molecular weight is 383 g/mol. The van der Waals surface area contributed by atoms with Crippen LogP contribution in [0.15, 0.2) is 12.1 Å². The Morgan fingerprint density at radius 1 is 1.30 bits per heavy atom. The maximum atomic E-state index is 12.5. The SMILES string of the molecule is CCC1c2cc(OC)c(OCC(F)F)cc2CCN1CC(C=O)CC(C)C. The number of halogens is 2. The standard InChI is InChI=1S/C21H31F2NO3/c1-5-18-17-10-19(26-4)20(27-13-21(22)23)9-16(17)6-7-24(18)11-15(12-25)8-14(2)3/h9-10,12,14-15,18,21H,5-8,11,13H2,1-4H3. The first-order valence-corrected chi connectivity index (χ1v) is 9.70. The van der Waals surface area contributed by atoms with Crippen LogP contribution in [-0.4, -0.2) is 44.4 Å². The maximum Gasteiger partial charge on any atom is 0.272 e. The van der Waals surface area contributed by atoms with Crippen LogP contribution in [0.5, 0.6) is 11.5 Å². The molecule has 1 aromatic rings. The molecule has 6 heteroatoms. The molecule has 2 atom stereocenters. The number of alkyl halides is 2. The van der Waals surface area contributed by atoms with E-state index in [9.17, 15) is 13.6 Å². The summed E-state index contributed by atoms with van der Waals surface area (Å²) in [5.74, 6) is 1.34. The largest absolute Gasteiger partial charge is 0.493 e. The van der Waals surface area contributed by atoms with Crippen LogP contribution < -0.4 is 9.47 Å². The van der Waals surface area contributed by atoms with Crippen molar-refractivity contribution in [1.82, 2.24) is 4.90 Å². The van der Waals surface area contributed by atoms with Gasteiger partial charge in [-0.15, -0.1) is 0 Å². The molecule has 0 radical (unpaired) electrons. The second kappa shape index (κ2) is 10.0. The minimum absolute atomic E-state index is 0.0242. The third-order valence-corrected chi connectivity index (χ3v) is 5.08. The van der Waals surface area contributed by atoms with E-state index in [1.54, 1.807) is 0 Å². The molecule has 152 valence electrons. The predicted octanol–water partition coefficient (Wildman–Crippen LogP) is 4.51. The minimum atomic E-state index is -2.52. The van der Waals surface area contributed by atoms with Gasteiger partial charge in [-0.3, -0.25) is 4.90 Å². The molecule has 0 aromatic heterocycles. The van der Waals surface area contributed by atoms with Crippen molar-refractivity contribution in [3.63, 3.8) is 0 Å². The molecule has 2 unspecified atom stereocenters. The van der Waals surface area contributed by atoms with Crippen LogP contribution in [-0.2, 0) is 11.2 Å². The molecule has 27 heavy (non-hydrogen) atoms. The Bertz CT molecular complexity index is 622. The van der Waals surface area contributed by atoms with E-state index in [-0.39, 0.29) is 12.0 Å². The monoisotopic (exact) mass is 383 g/mol. The van der Waals surface area contributed by atoms with Crippen LogP contribution in [0.25, 0.3) is 0 Å². The molecule has 0 aliphatic carbocycles. The summed E-state index contributed by atoms with van der Waals surface area (Å²) in [5, 5.41) is 0. The summed E-state index contributed by atoms with van der Waals surface area (Å²) >= 11 is 0. The molecular weight excluding hydrogens is 352 g/mol. The summed E-state index contributed by atoms with van der Waals surface area (Å²) in [6, 6.07) is 3.93. The molecule has 0 N–H and O–H groups in total. The van der Waals surface area contributed by atoms with Gasteiger partial charge in [-0.1, -0.05) is 20.8 Å². The Balaban J connectivity index is 2.24. The molecule has 1 heterocycles. The van der Waals surface area contributed by atoms with E-state index in [1.165, 1.54) is 7.11 Å². The van der Waals surface area contributed by atoms with Crippen molar-refractivity contribution in [2.75, 3.05) is 26.8 Å². The van der Waals surface area contributed by atoms with Crippen molar-refractivity contribution < 1.29 is 23.0 Å². The van der Waals surface area contributed by atoms with Gasteiger partial charge in [0.1, 0.15) is 12.9 Å². The third kappa shape index (κ3) is 5.64. The normalized spacial score (nSPS) is 18.4. The highest BCUT2D eigenvalue weighted by atomic mass is 19.3. The molecule has 0 saturated heterocycles. The zero-order chi connectivity index (χ0) is 20.0. The van der Waals surface area contributed by atoms with Crippen LogP contribution in [0.2, 0.25) is 0 Å². The Kier molecular flexibility index (Phi) is 8.02. The average Bonchev–Trinajstić information content (AvgIpc) is 2.64. The Hall–Kier alpha value is -1.69. The summed E-state index contributed by atoms with van der Waals surface area (Å²) < 4.78 is 35.6. The molecule has 1 aromatic carbocycles. The fourth-order valence-corrected chi connectivity index (χ4v) is 3.96. The fraction of sp³-hybridized carbons (Fsp3) is 0.667. The van der Waals surface area contributed by atoms with Crippen molar-refractivity contribution in [1.29, 1.82) is 0 Å². The van der Waals surface area contributed by atoms with Crippen LogP contribution in [0, 0.1) is 11.8 Å². The molecule has 0 fully saturated rings. The molecular formula is C21H31F2NO3. The quantitative estimate of drug-likeness (QED) is 0.557. The van der Waals surface area contributed by atoms with Gasteiger partial charge in [0.2, 0.25) is 0 Å². The molecule has 0 bridgehead atoms. The Morgan fingerprint density at radius 2 is 2.04 bits per heavy atom. The molecule has 2 rings (SSSR count). The highest BCUT2D eigenvalue weighted by Crippen LogP contribution is 2.40. The topological polar surface area (TPSA) is 38.8 Å². The third-order valence-electron chi connectivity index (χ3n) is 5.08. The second-order valence-corrected chi connectivity index (χ2v) is 7.60.